The van der Waals surface area contributed by atoms with E-state index in [1.807, 2.05) is 0 Å². The summed E-state index contributed by atoms with van der Waals surface area (Å²) in [6, 6.07) is 0. The highest BCUT2D eigenvalue weighted by molar-refractivity contribution is 6.76. The van der Waals surface area contributed by atoms with Crippen LogP contribution in [0.1, 0.15) is 19.8 Å². The molecule has 0 aromatic rings. The van der Waals surface area contributed by atoms with Crippen LogP contribution < -0.4 is 0 Å². The van der Waals surface area contributed by atoms with E-state index in [9.17, 15) is 9.59 Å². The molecule has 0 spiro atoms. The van der Waals surface area contributed by atoms with Crippen molar-refractivity contribution in [2.75, 3.05) is 19.7 Å². The van der Waals surface area contributed by atoms with Crippen LogP contribution in [0.3, 0.4) is 0 Å². The van der Waals surface area contributed by atoms with Gasteiger partial charge in [-0.1, -0.05) is 34.8 Å². The first-order valence-corrected chi connectivity index (χ1v) is 6.52. The van der Waals surface area contributed by atoms with Gasteiger partial charge in [0.05, 0.1) is 12.5 Å². The molecule has 1 aliphatic rings. The maximum absolute atomic E-state index is 11.7. The second kappa shape index (κ2) is 6.12. The topological polar surface area (TPSA) is 46.6 Å². The SMILES string of the molecule is CCOC(=O)C1CCCN(C(=O)C(Cl)(Cl)Cl)C1. The second-order valence-corrected chi connectivity index (χ2v) is 6.12. The molecular weight excluding hydrogens is 288 g/mol. The maximum Gasteiger partial charge on any atom is 0.310 e. The highest BCUT2D eigenvalue weighted by Gasteiger charge is 2.38. The Morgan fingerprint density at radius 2 is 2.06 bits per heavy atom. The van der Waals surface area contributed by atoms with E-state index >= 15 is 0 Å². The van der Waals surface area contributed by atoms with E-state index in [0.717, 1.165) is 0 Å². The second-order valence-electron chi connectivity index (χ2n) is 3.84. The standard InChI is InChI=1S/C10H14Cl3NO3/c1-2-17-8(15)7-4-3-5-14(6-7)9(16)10(11,12)13/h7H,2-6H2,1H3. The van der Waals surface area contributed by atoms with Crippen molar-refractivity contribution in [3.63, 3.8) is 0 Å². The van der Waals surface area contributed by atoms with E-state index < -0.39 is 9.70 Å². The molecule has 0 radical (unpaired) electrons. The number of piperidine rings is 1. The van der Waals surface area contributed by atoms with Crippen LogP contribution in [0.25, 0.3) is 0 Å². The molecule has 1 fully saturated rings. The van der Waals surface area contributed by atoms with Gasteiger partial charge in [0.1, 0.15) is 0 Å². The van der Waals surface area contributed by atoms with Crippen LogP contribution in [0, 0.1) is 5.92 Å². The quantitative estimate of drug-likeness (QED) is 0.580. The first-order chi connectivity index (χ1) is 7.86. The Morgan fingerprint density at radius 1 is 1.41 bits per heavy atom. The molecule has 1 amide bonds. The summed E-state index contributed by atoms with van der Waals surface area (Å²) in [5.41, 5.74) is 0. The number of rotatable bonds is 2. The Hall–Kier alpha value is -0.190. The zero-order chi connectivity index (χ0) is 13.1. The highest BCUT2D eigenvalue weighted by Crippen LogP contribution is 2.30. The van der Waals surface area contributed by atoms with Gasteiger partial charge in [0.2, 0.25) is 0 Å². The van der Waals surface area contributed by atoms with E-state index in [2.05, 4.69) is 0 Å². The average molecular weight is 303 g/mol. The molecule has 0 aromatic carbocycles. The number of alkyl halides is 3. The minimum Gasteiger partial charge on any atom is -0.466 e. The van der Waals surface area contributed by atoms with E-state index in [0.29, 0.717) is 26.0 Å². The van der Waals surface area contributed by atoms with Gasteiger partial charge in [-0.05, 0) is 19.8 Å². The number of esters is 1. The third-order valence-electron chi connectivity index (χ3n) is 2.57. The number of likely N-dealkylation sites (tertiary alicyclic amines) is 1. The number of halogens is 3. The van der Waals surface area contributed by atoms with E-state index in [4.69, 9.17) is 39.5 Å². The van der Waals surface area contributed by atoms with Gasteiger partial charge in [-0.25, -0.2) is 0 Å². The van der Waals surface area contributed by atoms with E-state index in [1.165, 1.54) is 4.90 Å². The van der Waals surface area contributed by atoms with Gasteiger partial charge in [-0.15, -0.1) is 0 Å². The fourth-order valence-electron chi connectivity index (χ4n) is 1.79. The zero-order valence-corrected chi connectivity index (χ0v) is 11.7. The van der Waals surface area contributed by atoms with Gasteiger partial charge < -0.3 is 9.64 Å². The van der Waals surface area contributed by atoms with Gasteiger partial charge in [-0.3, -0.25) is 9.59 Å². The number of ether oxygens (including phenoxy) is 1. The highest BCUT2D eigenvalue weighted by atomic mass is 35.6. The fourth-order valence-corrected chi connectivity index (χ4v) is 2.15. The number of amides is 1. The molecule has 1 heterocycles. The lowest BCUT2D eigenvalue weighted by molar-refractivity contribution is -0.151. The molecule has 4 nitrogen and oxygen atoms in total. The molecule has 0 bridgehead atoms. The summed E-state index contributed by atoms with van der Waals surface area (Å²) in [5.74, 6) is -1.20. The Kier molecular flexibility index (Phi) is 5.35. The molecule has 0 saturated carbocycles. The summed E-state index contributed by atoms with van der Waals surface area (Å²) in [6.07, 6.45) is 1.40. The molecule has 1 rings (SSSR count). The summed E-state index contributed by atoms with van der Waals surface area (Å²) >= 11 is 16.6. The van der Waals surface area contributed by atoms with Crippen LogP contribution >= 0.6 is 34.8 Å². The third kappa shape index (κ3) is 4.19. The lowest BCUT2D eigenvalue weighted by atomic mass is 9.98. The van der Waals surface area contributed by atoms with Gasteiger partial charge in [0.25, 0.3) is 9.70 Å². The van der Waals surface area contributed by atoms with Crippen molar-refractivity contribution < 1.29 is 14.3 Å². The van der Waals surface area contributed by atoms with Crippen molar-refractivity contribution in [2.45, 2.75) is 23.6 Å². The molecule has 0 aromatic heterocycles. The zero-order valence-electron chi connectivity index (χ0n) is 9.42. The smallest absolute Gasteiger partial charge is 0.310 e. The van der Waals surface area contributed by atoms with Crippen LogP contribution in [0.15, 0.2) is 0 Å². The number of hydrogen-bond donors (Lipinski definition) is 0. The molecule has 1 saturated heterocycles. The van der Waals surface area contributed by atoms with E-state index in [1.54, 1.807) is 6.92 Å². The van der Waals surface area contributed by atoms with E-state index in [-0.39, 0.29) is 18.4 Å². The van der Waals surface area contributed by atoms with Crippen LogP contribution in [0.2, 0.25) is 0 Å². The minimum absolute atomic E-state index is 0.256. The Balaban J connectivity index is 2.61. The predicted molar refractivity (Wildman–Crippen MR) is 66.2 cm³/mol. The van der Waals surface area contributed by atoms with Crippen LogP contribution in [0.5, 0.6) is 0 Å². The molecule has 1 unspecified atom stereocenters. The van der Waals surface area contributed by atoms with Crippen molar-refractivity contribution in [2.24, 2.45) is 5.92 Å². The van der Waals surface area contributed by atoms with Crippen LogP contribution in [-0.2, 0) is 14.3 Å². The molecule has 98 valence electrons. The third-order valence-corrected chi connectivity index (χ3v) is 3.06. The van der Waals surface area contributed by atoms with Crippen molar-refractivity contribution >= 4 is 46.7 Å². The number of carbonyl (C=O) groups is 2. The molecule has 17 heavy (non-hydrogen) atoms. The van der Waals surface area contributed by atoms with Crippen molar-refractivity contribution in [1.82, 2.24) is 4.90 Å². The summed E-state index contributed by atoms with van der Waals surface area (Å²) in [4.78, 5) is 24.7. The number of carbonyl (C=O) groups excluding carboxylic acids is 2. The molecule has 0 aliphatic carbocycles. The Morgan fingerprint density at radius 3 is 2.59 bits per heavy atom. The monoisotopic (exact) mass is 301 g/mol. The summed E-state index contributed by atoms with van der Waals surface area (Å²) in [5, 5.41) is 0. The molecule has 7 heteroatoms. The Bertz CT molecular complexity index is 304. The number of nitrogens with zero attached hydrogens (tertiary/aromatic N) is 1. The molecule has 1 atom stereocenters. The van der Waals surface area contributed by atoms with Crippen LogP contribution in [-0.4, -0.2) is 40.3 Å². The molecule has 0 N–H and O–H groups in total. The lowest BCUT2D eigenvalue weighted by Crippen LogP contribution is -2.47. The molecule has 1 aliphatic heterocycles. The largest absolute Gasteiger partial charge is 0.466 e. The predicted octanol–water partition coefficient (Wildman–Crippen LogP) is 2.16. The fraction of sp³-hybridized carbons (Fsp3) is 0.800. The lowest BCUT2D eigenvalue weighted by Gasteiger charge is -2.33. The first kappa shape index (κ1) is 14.9. The maximum atomic E-state index is 11.7. The Labute approximate surface area is 115 Å². The van der Waals surface area contributed by atoms with Gasteiger partial charge >= 0.3 is 5.97 Å². The summed E-state index contributed by atoms with van der Waals surface area (Å²) < 4.78 is 2.96. The summed E-state index contributed by atoms with van der Waals surface area (Å²) in [6.45, 7) is 2.83. The average Bonchev–Trinajstić information content (AvgIpc) is 2.27. The molecular formula is C10H14Cl3NO3. The summed E-state index contributed by atoms with van der Waals surface area (Å²) in [7, 11) is 0. The number of hydrogen-bond acceptors (Lipinski definition) is 3. The van der Waals surface area contributed by atoms with Crippen molar-refractivity contribution in [3.05, 3.63) is 0 Å². The minimum atomic E-state index is -1.96. The van der Waals surface area contributed by atoms with Crippen molar-refractivity contribution in [1.29, 1.82) is 0 Å². The van der Waals surface area contributed by atoms with Gasteiger partial charge in [0, 0.05) is 13.1 Å². The van der Waals surface area contributed by atoms with Crippen LogP contribution in [0.4, 0.5) is 0 Å². The van der Waals surface area contributed by atoms with Gasteiger partial charge in [0.15, 0.2) is 0 Å². The first-order valence-electron chi connectivity index (χ1n) is 5.39. The van der Waals surface area contributed by atoms with Gasteiger partial charge in [-0.2, -0.15) is 0 Å². The van der Waals surface area contributed by atoms with Crippen molar-refractivity contribution in [3.8, 4) is 0 Å². The normalized spacial score (nSPS) is 21.2.